The predicted molar refractivity (Wildman–Crippen MR) is 72.3 cm³/mol. The van der Waals surface area contributed by atoms with Gasteiger partial charge in [0.2, 0.25) is 10.0 Å². The number of benzene rings is 1. The molecule has 0 amide bonds. The van der Waals surface area contributed by atoms with Crippen LogP contribution in [0.15, 0.2) is 29.2 Å². The van der Waals surface area contributed by atoms with Gasteiger partial charge in [-0.2, -0.15) is 0 Å². The van der Waals surface area contributed by atoms with Gasteiger partial charge in [-0.25, -0.2) is 13.1 Å². The minimum atomic E-state index is -3.51. The summed E-state index contributed by atoms with van der Waals surface area (Å²) in [5.74, 6) is 0. The number of halogens is 1. The molecule has 1 saturated heterocycles. The number of hydrogen-bond donors (Lipinski definition) is 2. The normalized spacial score (nSPS) is 20.8. The third-order valence-corrected chi connectivity index (χ3v) is 4.98. The van der Waals surface area contributed by atoms with Crippen LogP contribution in [0.1, 0.15) is 19.3 Å². The number of nitrogens with one attached hydrogen (secondary N) is 2. The first-order valence-corrected chi connectivity index (χ1v) is 7.93. The lowest BCUT2D eigenvalue weighted by Gasteiger charge is -2.23. The summed E-state index contributed by atoms with van der Waals surface area (Å²) < 4.78 is 26.8. The predicted octanol–water partition coefficient (Wildman–Crippen LogP) is 1.76. The van der Waals surface area contributed by atoms with Crippen LogP contribution in [0.5, 0.6) is 0 Å². The third-order valence-electron chi connectivity index (χ3n) is 3.06. The van der Waals surface area contributed by atoms with Crippen molar-refractivity contribution in [1.29, 1.82) is 0 Å². The monoisotopic (exact) mass is 288 g/mol. The first-order valence-electron chi connectivity index (χ1n) is 6.07. The molecular weight excluding hydrogens is 272 g/mol. The van der Waals surface area contributed by atoms with E-state index in [4.69, 9.17) is 11.6 Å². The van der Waals surface area contributed by atoms with Crippen molar-refractivity contribution in [3.8, 4) is 0 Å². The van der Waals surface area contributed by atoms with Gasteiger partial charge >= 0.3 is 0 Å². The van der Waals surface area contributed by atoms with E-state index in [0.29, 0.717) is 6.54 Å². The van der Waals surface area contributed by atoms with Gasteiger partial charge < -0.3 is 5.32 Å². The molecule has 1 aliphatic heterocycles. The van der Waals surface area contributed by atoms with Gasteiger partial charge in [0.05, 0.1) is 5.02 Å². The Bertz CT molecular complexity index is 499. The fourth-order valence-corrected chi connectivity index (χ4v) is 3.65. The maximum absolute atomic E-state index is 12.1. The van der Waals surface area contributed by atoms with Crippen molar-refractivity contribution < 1.29 is 8.42 Å². The van der Waals surface area contributed by atoms with Gasteiger partial charge in [-0.3, -0.25) is 0 Å². The van der Waals surface area contributed by atoms with Crippen LogP contribution in [0.3, 0.4) is 0 Å². The summed E-state index contributed by atoms with van der Waals surface area (Å²) in [5.41, 5.74) is 0. The number of rotatable bonds is 4. The Kier molecular flexibility index (Phi) is 4.61. The number of hydrogen-bond acceptors (Lipinski definition) is 3. The molecule has 1 fully saturated rings. The summed E-state index contributed by atoms with van der Waals surface area (Å²) in [4.78, 5) is 0.141. The Morgan fingerprint density at radius 3 is 2.78 bits per heavy atom. The van der Waals surface area contributed by atoms with E-state index in [1.165, 1.54) is 6.07 Å². The minimum Gasteiger partial charge on any atom is -0.313 e. The minimum absolute atomic E-state index is 0.141. The second-order valence-corrected chi connectivity index (χ2v) is 6.57. The Morgan fingerprint density at radius 1 is 1.33 bits per heavy atom. The van der Waals surface area contributed by atoms with E-state index in [2.05, 4.69) is 10.0 Å². The zero-order chi connectivity index (χ0) is 13.0. The fourth-order valence-electron chi connectivity index (χ4n) is 2.05. The highest BCUT2D eigenvalue weighted by molar-refractivity contribution is 7.89. The molecule has 1 aliphatic rings. The van der Waals surface area contributed by atoms with E-state index in [0.717, 1.165) is 25.8 Å². The van der Waals surface area contributed by atoms with Gasteiger partial charge in [0.1, 0.15) is 4.90 Å². The molecule has 1 atom stereocenters. The van der Waals surface area contributed by atoms with E-state index < -0.39 is 10.0 Å². The summed E-state index contributed by atoms with van der Waals surface area (Å²) >= 11 is 5.90. The van der Waals surface area contributed by atoms with E-state index in [1.54, 1.807) is 18.2 Å². The Hall–Kier alpha value is -0.620. The van der Waals surface area contributed by atoms with Crippen molar-refractivity contribution in [2.45, 2.75) is 30.2 Å². The lowest BCUT2D eigenvalue weighted by molar-refractivity contribution is 0.398. The van der Waals surface area contributed by atoms with Gasteiger partial charge in [0, 0.05) is 12.6 Å². The van der Waals surface area contributed by atoms with Crippen LogP contribution in [0.25, 0.3) is 0 Å². The zero-order valence-corrected chi connectivity index (χ0v) is 11.6. The standard InChI is InChI=1S/C12H17ClN2O2S/c13-11-6-1-2-7-12(11)18(16,17)15-9-10-5-3-4-8-14-10/h1-2,6-7,10,14-15H,3-5,8-9H2. The highest BCUT2D eigenvalue weighted by Crippen LogP contribution is 2.20. The highest BCUT2D eigenvalue weighted by Gasteiger charge is 2.20. The van der Waals surface area contributed by atoms with Crippen molar-refractivity contribution in [3.05, 3.63) is 29.3 Å². The van der Waals surface area contributed by atoms with E-state index >= 15 is 0 Å². The summed E-state index contributed by atoms with van der Waals surface area (Å²) in [5, 5.41) is 3.55. The van der Waals surface area contributed by atoms with Crippen LogP contribution in [-0.2, 0) is 10.0 Å². The van der Waals surface area contributed by atoms with Crippen molar-refractivity contribution in [2.24, 2.45) is 0 Å². The van der Waals surface area contributed by atoms with Gasteiger partial charge in [-0.15, -0.1) is 0 Å². The molecule has 18 heavy (non-hydrogen) atoms. The third kappa shape index (κ3) is 3.45. The Morgan fingerprint density at radius 2 is 2.11 bits per heavy atom. The Labute approximate surface area is 113 Å². The zero-order valence-electron chi connectivity index (χ0n) is 10.0. The van der Waals surface area contributed by atoms with Gasteiger partial charge in [0.15, 0.2) is 0 Å². The SMILES string of the molecule is O=S(=O)(NCC1CCCCN1)c1ccccc1Cl. The molecule has 0 radical (unpaired) electrons. The average Bonchev–Trinajstić information content (AvgIpc) is 2.38. The molecule has 6 heteroatoms. The van der Waals surface area contributed by atoms with Crippen LogP contribution in [0.4, 0.5) is 0 Å². The van der Waals surface area contributed by atoms with Gasteiger partial charge in [0.25, 0.3) is 0 Å². The molecular formula is C12H17ClN2O2S. The largest absolute Gasteiger partial charge is 0.313 e. The second kappa shape index (κ2) is 6.02. The number of sulfonamides is 1. The van der Waals surface area contributed by atoms with Crippen LogP contribution >= 0.6 is 11.6 Å². The average molecular weight is 289 g/mol. The van der Waals surface area contributed by atoms with Crippen LogP contribution < -0.4 is 10.0 Å². The van der Waals surface area contributed by atoms with Crippen LogP contribution in [-0.4, -0.2) is 27.5 Å². The molecule has 0 aromatic heterocycles. The lowest BCUT2D eigenvalue weighted by Crippen LogP contribution is -2.43. The first-order chi connectivity index (χ1) is 8.59. The van der Waals surface area contributed by atoms with E-state index in [9.17, 15) is 8.42 Å². The first kappa shape index (κ1) is 13.8. The molecule has 1 aromatic rings. The maximum Gasteiger partial charge on any atom is 0.242 e. The summed E-state index contributed by atoms with van der Waals surface area (Å²) in [7, 11) is -3.51. The molecule has 2 rings (SSSR count). The van der Waals surface area contributed by atoms with Crippen LogP contribution in [0, 0.1) is 0 Å². The quantitative estimate of drug-likeness (QED) is 0.888. The molecule has 1 heterocycles. The van der Waals surface area contributed by atoms with Crippen LogP contribution in [0.2, 0.25) is 5.02 Å². The smallest absolute Gasteiger partial charge is 0.242 e. The number of piperidine rings is 1. The molecule has 0 aliphatic carbocycles. The molecule has 100 valence electrons. The molecule has 0 spiro atoms. The molecule has 0 saturated carbocycles. The molecule has 2 N–H and O–H groups in total. The van der Waals surface area contributed by atoms with Crippen molar-refractivity contribution in [2.75, 3.05) is 13.1 Å². The molecule has 1 aromatic carbocycles. The maximum atomic E-state index is 12.1. The molecule has 4 nitrogen and oxygen atoms in total. The summed E-state index contributed by atoms with van der Waals surface area (Å²) in [6.45, 7) is 1.37. The van der Waals surface area contributed by atoms with Gasteiger partial charge in [-0.1, -0.05) is 30.2 Å². The lowest BCUT2D eigenvalue weighted by atomic mass is 10.1. The fraction of sp³-hybridized carbons (Fsp3) is 0.500. The summed E-state index contributed by atoms with van der Waals surface area (Å²) in [6, 6.07) is 6.69. The van der Waals surface area contributed by atoms with Crippen molar-refractivity contribution in [1.82, 2.24) is 10.0 Å². The van der Waals surface area contributed by atoms with Crippen molar-refractivity contribution >= 4 is 21.6 Å². The Balaban J connectivity index is 2.01. The van der Waals surface area contributed by atoms with E-state index in [-0.39, 0.29) is 16.0 Å². The van der Waals surface area contributed by atoms with Crippen molar-refractivity contribution in [3.63, 3.8) is 0 Å². The molecule has 1 unspecified atom stereocenters. The summed E-state index contributed by atoms with van der Waals surface area (Å²) in [6.07, 6.45) is 3.31. The molecule has 0 bridgehead atoms. The second-order valence-electron chi connectivity index (χ2n) is 4.43. The van der Waals surface area contributed by atoms with E-state index in [1.807, 2.05) is 0 Å². The highest BCUT2D eigenvalue weighted by atomic mass is 35.5. The van der Waals surface area contributed by atoms with Gasteiger partial charge in [-0.05, 0) is 31.5 Å². The topological polar surface area (TPSA) is 58.2 Å².